The molecule has 252 valence electrons. The lowest BCUT2D eigenvalue weighted by Crippen LogP contribution is -2.67. The van der Waals surface area contributed by atoms with E-state index in [9.17, 15) is 39.6 Å². The van der Waals surface area contributed by atoms with E-state index in [0.29, 0.717) is 24.0 Å². The maximum atomic E-state index is 14.4. The highest BCUT2D eigenvalue weighted by Crippen LogP contribution is 2.83. The molecule has 5 saturated carbocycles. The van der Waals surface area contributed by atoms with Crippen LogP contribution in [0.15, 0.2) is 45.1 Å². The average molecular weight is 651 g/mol. The van der Waals surface area contributed by atoms with Crippen molar-refractivity contribution in [2.45, 2.75) is 70.7 Å². The second kappa shape index (κ2) is 9.52. The molecular weight excluding hydrogens is 608 g/mol. The van der Waals surface area contributed by atoms with Crippen molar-refractivity contribution in [1.82, 2.24) is 0 Å². The number of carbonyl (C=O) groups excluding carboxylic acids is 4. The molecule has 4 N–H and O–H groups in total. The van der Waals surface area contributed by atoms with Crippen molar-refractivity contribution in [3.8, 4) is 0 Å². The molecule has 0 amide bonds. The fourth-order valence-corrected chi connectivity index (χ4v) is 12.0. The SMILES string of the molecule is COC(=O)/C(C)=C1/C(=O)[C@H](O)[C@]2(C)C3=C(C[C@@H]4[C@@]5(OC(=O)C(CO)=C5C[C@H]5[C@@](O)(COC(=O)/C=C(\C)CO)[C@@H]6C[C@@H]6[C@@]45C)[C@H]31)[C@@H]1C[C@@H]12. The molecule has 11 heteroatoms. The summed E-state index contributed by atoms with van der Waals surface area (Å²) in [5.74, 6) is -4.38. The van der Waals surface area contributed by atoms with Crippen LogP contribution < -0.4 is 0 Å². The lowest BCUT2D eigenvalue weighted by Gasteiger charge is -2.63. The second-order valence-electron chi connectivity index (χ2n) is 15.8. The smallest absolute Gasteiger partial charge is 0.337 e. The highest BCUT2D eigenvalue weighted by atomic mass is 16.6. The number of Topliss-reactive ketones (excluding diaryl/α,β-unsaturated/α-hetero) is 1. The van der Waals surface area contributed by atoms with Crippen LogP contribution in [-0.2, 0) is 33.4 Å². The minimum atomic E-state index is -1.43. The van der Waals surface area contributed by atoms with Crippen molar-refractivity contribution in [2.75, 3.05) is 26.9 Å². The van der Waals surface area contributed by atoms with E-state index in [1.807, 2.05) is 6.92 Å². The Morgan fingerprint density at radius 3 is 2.43 bits per heavy atom. The summed E-state index contributed by atoms with van der Waals surface area (Å²) >= 11 is 0. The Kier molecular flexibility index (Phi) is 6.31. The quantitative estimate of drug-likeness (QED) is 0.142. The number of aliphatic hydroxyl groups is 4. The topological polar surface area (TPSA) is 177 Å². The van der Waals surface area contributed by atoms with Crippen LogP contribution in [-0.4, -0.2) is 88.4 Å². The van der Waals surface area contributed by atoms with E-state index in [4.69, 9.17) is 14.2 Å². The predicted octanol–water partition coefficient (Wildman–Crippen LogP) is 1.48. The third kappa shape index (κ3) is 3.46. The van der Waals surface area contributed by atoms with Gasteiger partial charge < -0.3 is 34.6 Å². The van der Waals surface area contributed by atoms with Gasteiger partial charge in [0.2, 0.25) is 0 Å². The fourth-order valence-electron chi connectivity index (χ4n) is 12.0. The first-order chi connectivity index (χ1) is 22.2. The first kappa shape index (κ1) is 31.2. The number of methoxy groups -OCH3 is 1. The van der Waals surface area contributed by atoms with Gasteiger partial charge in [-0.05, 0) is 85.3 Å². The summed E-state index contributed by atoms with van der Waals surface area (Å²) in [7, 11) is 1.23. The summed E-state index contributed by atoms with van der Waals surface area (Å²) in [5, 5.41) is 44.2. The van der Waals surface area contributed by atoms with Crippen LogP contribution >= 0.6 is 0 Å². The number of ketones is 1. The van der Waals surface area contributed by atoms with Gasteiger partial charge in [-0.25, -0.2) is 14.4 Å². The Morgan fingerprint density at radius 1 is 1.04 bits per heavy atom. The van der Waals surface area contributed by atoms with Crippen LogP contribution in [0.25, 0.3) is 0 Å². The molecule has 11 nitrogen and oxygen atoms in total. The highest BCUT2D eigenvalue weighted by Gasteiger charge is 2.84. The van der Waals surface area contributed by atoms with E-state index in [1.54, 1.807) is 6.92 Å². The van der Waals surface area contributed by atoms with Crippen molar-refractivity contribution in [2.24, 2.45) is 52.3 Å². The van der Waals surface area contributed by atoms with Crippen molar-refractivity contribution in [1.29, 1.82) is 0 Å². The third-order valence-electron chi connectivity index (χ3n) is 14.2. The monoisotopic (exact) mass is 650 g/mol. The predicted molar refractivity (Wildman–Crippen MR) is 162 cm³/mol. The molecule has 7 aliphatic carbocycles. The molecular formula is C36H42O11. The summed E-state index contributed by atoms with van der Waals surface area (Å²) in [6, 6.07) is 0. The van der Waals surface area contributed by atoms with E-state index in [-0.39, 0.29) is 60.0 Å². The zero-order chi connectivity index (χ0) is 33.7. The Hall–Kier alpha value is -3.12. The normalized spacial score (nSPS) is 47.7. The summed E-state index contributed by atoms with van der Waals surface area (Å²) in [4.78, 5) is 53.9. The van der Waals surface area contributed by atoms with E-state index in [1.165, 1.54) is 20.1 Å². The number of allylic oxidation sites excluding steroid dienone is 1. The highest BCUT2D eigenvalue weighted by molar-refractivity contribution is 6.09. The zero-order valence-electron chi connectivity index (χ0n) is 27.3. The van der Waals surface area contributed by atoms with Gasteiger partial charge in [0.15, 0.2) is 5.78 Å². The minimum Gasteiger partial charge on any atom is -0.466 e. The van der Waals surface area contributed by atoms with E-state index in [2.05, 4.69) is 6.92 Å². The molecule has 12 atom stereocenters. The van der Waals surface area contributed by atoms with Gasteiger partial charge in [-0.3, -0.25) is 4.79 Å². The Balaban J connectivity index is 1.34. The van der Waals surface area contributed by atoms with Crippen molar-refractivity contribution >= 4 is 23.7 Å². The number of carbonyl (C=O) groups is 4. The summed E-state index contributed by atoms with van der Waals surface area (Å²) < 4.78 is 17.3. The van der Waals surface area contributed by atoms with Gasteiger partial charge in [0.05, 0.1) is 31.8 Å². The van der Waals surface area contributed by atoms with Crippen LogP contribution in [0.4, 0.5) is 0 Å². The molecule has 8 rings (SSSR count). The number of esters is 3. The number of ether oxygens (including phenoxy) is 3. The molecule has 0 bridgehead atoms. The van der Waals surface area contributed by atoms with E-state index < -0.39 is 76.2 Å². The number of rotatable bonds is 6. The molecule has 1 spiro atoms. The van der Waals surface area contributed by atoms with Crippen LogP contribution in [0.5, 0.6) is 0 Å². The van der Waals surface area contributed by atoms with Crippen molar-refractivity contribution in [3.63, 3.8) is 0 Å². The minimum absolute atomic E-state index is 0.00942. The van der Waals surface area contributed by atoms with Gasteiger partial charge in [-0.1, -0.05) is 19.4 Å². The molecule has 8 aliphatic rings. The van der Waals surface area contributed by atoms with Crippen LogP contribution in [0.2, 0.25) is 0 Å². The van der Waals surface area contributed by atoms with Gasteiger partial charge in [0.25, 0.3) is 0 Å². The first-order valence-electron chi connectivity index (χ1n) is 16.7. The molecule has 47 heavy (non-hydrogen) atoms. The molecule has 0 aromatic heterocycles. The Bertz CT molecular complexity index is 1700. The number of hydrogen-bond acceptors (Lipinski definition) is 11. The lowest BCUT2D eigenvalue weighted by atomic mass is 9.42. The van der Waals surface area contributed by atoms with Gasteiger partial charge in [0.1, 0.15) is 23.9 Å². The molecule has 0 aromatic carbocycles. The van der Waals surface area contributed by atoms with Crippen LogP contribution in [0.3, 0.4) is 0 Å². The molecule has 1 aliphatic heterocycles. The standard InChI is InChI=1S/C36H42O11/c1-14(11-37)6-25(39)46-13-35(44)22-9-21(22)33(3)23(35)10-20-18(12-38)32(43)47-36(20)24(33)8-17-16-7-19(16)34(4)27(17)28(36)26(29(40)30(34)41)15(2)31(42)45-5/h6,16,19,21-24,28,30,37-38,41,44H,7-13H2,1-5H3/b14-6+,26-15+/t16-,19-,21-,22+,23+,24-,28-,30-,33+,34-,35+,36+/m0/s1. The summed E-state index contributed by atoms with van der Waals surface area (Å²) in [6.45, 7) is 5.98. The van der Waals surface area contributed by atoms with E-state index >= 15 is 0 Å². The zero-order valence-corrected chi connectivity index (χ0v) is 27.3. The van der Waals surface area contributed by atoms with E-state index in [0.717, 1.165) is 17.6 Å². The Labute approximate surface area is 272 Å². The number of fused-ring (bicyclic) bond motifs is 7. The lowest BCUT2D eigenvalue weighted by molar-refractivity contribution is -0.191. The maximum Gasteiger partial charge on any atom is 0.337 e. The van der Waals surface area contributed by atoms with Gasteiger partial charge in [-0.2, -0.15) is 0 Å². The molecule has 1 heterocycles. The molecule has 0 unspecified atom stereocenters. The Morgan fingerprint density at radius 2 is 1.77 bits per heavy atom. The largest absolute Gasteiger partial charge is 0.466 e. The van der Waals surface area contributed by atoms with Crippen molar-refractivity contribution in [3.05, 3.63) is 45.1 Å². The summed E-state index contributed by atoms with van der Waals surface area (Å²) in [6.07, 6.45) is 2.02. The molecule has 0 aromatic rings. The van der Waals surface area contributed by atoms with Crippen molar-refractivity contribution < 1.29 is 53.8 Å². The van der Waals surface area contributed by atoms with Gasteiger partial charge in [0, 0.05) is 34.5 Å². The van der Waals surface area contributed by atoms with Gasteiger partial charge >= 0.3 is 17.9 Å². The molecule has 5 fully saturated rings. The first-order valence-corrected chi connectivity index (χ1v) is 16.7. The number of hydrogen-bond donors (Lipinski definition) is 4. The molecule has 0 radical (unpaired) electrons. The summed E-state index contributed by atoms with van der Waals surface area (Å²) in [5.41, 5.74) is -1.21. The molecule has 0 saturated heterocycles. The van der Waals surface area contributed by atoms with Crippen LogP contribution in [0.1, 0.15) is 53.4 Å². The van der Waals surface area contributed by atoms with Gasteiger partial charge in [-0.15, -0.1) is 0 Å². The third-order valence-corrected chi connectivity index (χ3v) is 14.2. The second-order valence-corrected chi connectivity index (χ2v) is 15.8. The maximum absolute atomic E-state index is 14.4. The fraction of sp³-hybridized carbons (Fsp3) is 0.667. The van der Waals surface area contributed by atoms with Crippen LogP contribution in [0, 0.1) is 52.3 Å². The average Bonchev–Trinajstić information content (AvgIpc) is 3.96. The number of aliphatic hydroxyl groups excluding tert-OH is 3.